The first-order valence-electron chi connectivity index (χ1n) is 8.62. The molecule has 3 aliphatic rings. The van der Waals surface area contributed by atoms with Gasteiger partial charge in [0.05, 0.1) is 6.04 Å². The van der Waals surface area contributed by atoms with Crippen LogP contribution in [0.5, 0.6) is 0 Å². The fourth-order valence-corrected chi connectivity index (χ4v) is 3.66. The minimum Gasteiger partial charge on any atom is -0.336 e. The van der Waals surface area contributed by atoms with E-state index in [1.165, 1.54) is 0 Å². The van der Waals surface area contributed by atoms with Gasteiger partial charge in [-0.05, 0) is 24.6 Å². The summed E-state index contributed by atoms with van der Waals surface area (Å²) in [4.78, 5) is 41.3. The molecule has 2 N–H and O–H groups in total. The van der Waals surface area contributed by atoms with E-state index in [2.05, 4.69) is 10.6 Å². The number of anilines is 2. The highest BCUT2D eigenvalue weighted by Crippen LogP contribution is 2.24. The SMILES string of the molecule is O=C(Nc1cccc(N2CCCC2=O)c1)N1CCN2C(=O)NC[C@@H]2C1. The number of urea groups is 2. The van der Waals surface area contributed by atoms with Crippen molar-refractivity contribution in [3.63, 3.8) is 0 Å². The number of rotatable bonds is 2. The first kappa shape index (κ1) is 15.7. The van der Waals surface area contributed by atoms with Crippen LogP contribution in [0.1, 0.15) is 12.8 Å². The van der Waals surface area contributed by atoms with Crippen LogP contribution in [0.4, 0.5) is 21.0 Å². The van der Waals surface area contributed by atoms with Gasteiger partial charge in [0.2, 0.25) is 5.91 Å². The molecule has 5 amide bonds. The van der Waals surface area contributed by atoms with Crippen molar-refractivity contribution < 1.29 is 14.4 Å². The van der Waals surface area contributed by atoms with Gasteiger partial charge in [0.1, 0.15) is 0 Å². The zero-order valence-electron chi connectivity index (χ0n) is 13.9. The van der Waals surface area contributed by atoms with Crippen LogP contribution in [0.3, 0.4) is 0 Å². The summed E-state index contributed by atoms with van der Waals surface area (Å²) in [5.74, 6) is 0.123. The van der Waals surface area contributed by atoms with Crippen LogP contribution in [0, 0.1) is 0 Å². The Morgan fingerprint density at radius 1 is 1.20 bits per heavy atom. The summed E-state index contributed by atoms with van der Waals surface area (Å²) in [6.45, 7) is 2.89. The number of carbonyl (C=O) groups is 3. The number of fused-ring (bicyclic) bond motifs is 1. The van der Waals surface area contributed by atoms with Gasteiger partial charge in [-0.25, -0.2) is 9.59 Å². The number of nitrogens with one attached hydrogen (secondary N) is 2. The molecule has 1 aromatic rings. The van der Waals surface area contributed by atoms with E-state index in [1.54, 1.807) is 14.7 Å². The van der Waals surface area contributed by atoms with E-state index < -0.39 is 0 Å². The molecule has 132 valence electrons. The Hall–Kier alpha value is -2.77. The second-order valence-electron chi connectivity index (χ2n) is 6.61. The van der Waals surface area contributed by atoms with E-state index in [0.29, 0.717) is 38.3 Å². The van der Waals surface area contributed by atoms with Crippen LogP contribution in [-0.4, -0.2) is 66.5 Å². The predicted molar refractivity (Wildman–Crippen MR) is 92.5 cm³/mol. The summed E-state index contributed by atoms with van der Waals surface area (Å²) in [7, 11) is 0. The summed E-state index contributed by atoms with van der Waals surface area (Å²) in [6, 6.07) is 7.19. The van der Waals surface area contributed by atoms with E-state index in [-0.39, 0.29) is 24.0 Å². The highest BCUT2D eigenvalue weighted by molar-refractivity contribution is 5.96. The Morgan fingerprint density at radius 2 is 2.08 bits per heavy atom. The molecule has 0 saturated carbocycles. The molecule has 3 heterocycles. The first-order valence-corrected chi connectivity index (χ1v) is 8.62. The smallest absolute Gasteiger partial charge is 0.321 e. The van der Waals surface area contributed by atoms with E-state index in [1.807, 2.05) is 24.3 Å². The van der Waals surface area contributed by atoms with Crippen LogP contribution in [0.25, 0.3) is 0 Å². The largest absolute Gasteiger partial charge is 0.336 e. The zero-order valence-corrected chi connectivity index (χ0v) is 13.9. The lowest BCUT2D eigenvalue weighted by Crippen LogP contribution is -2.54. The molecule has 3 fully saturated rings. The van der Waals surface area contributed by atoms with Crippen molar-refractivity contribution in [2.45, 2.75) is 18.9 Å². The molecule has 8 nitrogen and oxygen atoms in total. The zero-order chi connectivity index (χ0) is 17.4. The average molecular weight is 343 g/mol. The molecule has 0 radical (unpaired) electrons. The number of amides is 5. The summed E-state index contributed by atoms with van der Waals surface area (Å²) in [5.41, 5.74) is 1.49. The average Bonchev–Trinajstić information content (AvgIpc) is 3.21. The molecule has 4 rings (SSSR count). The molecular weight excluding hydrogens is 322 g/mol. The maximum atomic E-state index is 12.5. The minimum atomic E-state index is -0.177. The quantitative estimate of drug-likeness (QED) is 0.842. The van der Waals surface area contributed by atoms with Crippen LogP contribution in [-0.2, 0) is 4.79 Å². The summed E-state index contributed by atoms with van der Waals surface area (Å²) >= 11 is 0. The van der Waals surface area contributed by atoms with Crippen LogP contribution in [0.2, 0.25) is 0 Å². The van der Waals surface area contributed by atoms with Gasteiger partial charge < -0.3 is 25.3 Å². The van der Waals surface area contributed by atoms with Crippen molar-refractivity contribution >= 4 is 29.3 Å². The number of hydrogen-bond acceptors (Lipinski definition) is 3. The molecule has 1 aromatic carbocycles. The van der Waals surface area contributed by atoms with E-state index in [0.717, 1.165) is 18.7 Å². The Balaban J connectivity index is 1.41. The number of nitrogens with zero attached hydrogens (tertiary/aromatic N) is 3. The Morgan fingerprint density at radius 3 is 2.88 bits per heavy atom. The van der Waals surface area contributed by atoms with Gasteiger partial charge in [-0.1, -0.05) is 6.07 Å². The lowest BCUT2D eigenvalue weighted by atomic mass is 10.2. The van der Waals surface area contributed by atoms with Crippen molar-refractivity contribution in [2.75, 3.05) is 42.9 Å². The van der Waals surface area contributed by atoms with Gasteiger partial charge in [-0.2, -0.15) is 0 Å². The molecule has 1 atom stereocenters. The predicted octanol–water partition coefficient (Wildman–Crippen LogP) is 1.05. The molecule has 3 aliphatic heterocycles. The maximum absolute atomic E-state index is 12.5. The summed E-state index contributed by atoms with van der Waals surface area (Å²) in [6.07, 6.45) is 1.45. The van der Waals surface area contributed by atoms with Crippen LogP contribution < -0.4 is 15.5 Å². The summed E-state index contributed by atoms with van der Waals surface area (Å²) < 4.78 is 0. The molecule has 3 saturated heterocycles. The third-order valence-electron chi connectivity index (χ3n) is 5.00. The van der Waals surface area contributed by atoms with Crippen LogP contribution in [0.15, 0.2) is 24.3 Å². The van der Waals surface area contributed by atoms with Crippen molar-refractivity contribution in [1.82, 2.24) is 15.1 Å². The van der Waals surface area contributed by atoms with Crippen molar-refractivity contribution in [2.24, 2.45) is 0 Å². The first-order chi connectivity index (χ1) is 12.1. The second-order valence-corrected chi connectivity index (χ2v) is 6.61. The standard InChI is InChI=1S/C17H21N5O3/c23-15-5-2-6-21(15)13-4-1-3-12(9-13)19-17(25)20-7-8-22-14(11-20)10-18-16(22)24/h1,3-4,9,14H,2,5-8,10-11H2,(H,18,24)(H,19,25)/t14-/m1/s1. The van der Waals surface area contributed by atoms with E-state index in [9.17, 15) is 14.4 Å². The third kappa shape index (κ3) is 2.99. The molecule has 8 heteroatoms. The minimum absolute atomic E-state index is 0.0422. The summed E-state index contributed by atoms with van der Waals surface area (Å²) in [5, 5.41) is 5.71. The number of benzene rings is 1. The van der Waals surface area contributed by atoms with Gasteiger partial charge in [0.15, 0.2) is 0 Å². The topological polar surface area (TPSA) is 85.0 Å². The number of piperazine rings is 1. The Kier molecular flexibility index (Phi) is 3.95. The lowest BCUT2D eigenvalue weighted by molar-refractivity contribution is -0.117. The van der Waals surface area contributed by atoms with Gasteiger partial charge in [0, 0.05) is 50.5 Å². The number of carbonyl (C=O) groups excluding carboxylic acids is 3. The third-order valence-corrected chi connectivity index (χ3v) is 5.00. The molecular formula is C17H21N5O3. The maximum Gasteiger partial charge on any atom is 0.321 e. The van der Waals surface area contributed by atoms with E-state index >= 15 is 0 Å². The highest BCUT2D eigenvalue weighted by atomic mass is 16.2. The van der Waals surface area contributed by atoms with Crippen molar-refractivity contribution in [1.29, 1.82) is 0 Å². The van der Waals surface area contributed by atoms with Gasteiger partial charge >= 0.3 is 12.1 Å². The molecule has 25 heavy (non-hydrogen) atoms. The monoisotopic (exact) mass is 343 g/mol. The molecule has 0 aliphatic carbocycles. The fourth-order valence-electron chi connectivity index (χ4n) is 3.66. The van der Waals surface area contributed by atoms with Crippen molar-refractivity contribution in [3.8, 4) is 0 Å². The molecule has 0 bridgehead atoms. The normalized spacial score (nSPS) is 22.9. The fraction of sp³-hybridized carbons (Fsp3) is 0.471. The van der Waals surface area contributed by atoms with Crippen molar-refractivity contribution in [3.05, 3.63) is 24.3 Å². The van der Waals surface area contributed by atoms with Gasteiger partial charge in [-0.3, -0.25) is 4.79 Å². The molecule has 0 unspecified atom stereocenters. The van der Waals surface area contributed by atoms with Crippen LogP contribution >= 0.6 is 0 Å². The lowest BCUT2D eigenvalue weighted by Gasteiger charge is -2.36. The number of hydrogen-bond donors (Lipinski definition) is 2. The second kappa shape index (κ2) is 6.27. The van der Waals surface area contributed by atoms with E-state index in [4.69, 9.17) is 0 Å². The Bertz CT molecular complexity index is 722. The van der Waals surface area contributed by atoms with Gasteiger partial charge in [0.25, 0.3) is 0 Å². The molecule has 0 spiro atoms. The highest BCUT2D eigenvalue weighted by Gasteiger charge is 2.36. The van der Waals surface area contributed by atoms with Gasteiger partial charge in [-0.15, -0.1) is 0 Å². The molecule has 0 aromatic heterocycles. The Labute approximate surface area is 145 Å².